The Morgan fingerprint density at radius 1 is 1.05 bits per heavy atom. The molecule has 1 saturated carbocycles. The third-order valence-electron chi connectivity index (χ3n) is 3.59. The maximum Gasteiger partial charge on any atom is 0.240 e. The average molecular weight is 288 g/mol. The zero-order chi connectivity index (χ0) is 15.6. The van der Waals surface area contributed by atoms with Crippen molar-refractivity contribution in [2.75, 3.05) is 5.32 Å². The minimum atomic E-state index is -0.927. The molecule has 0 aliphatic heterocycles. The number of hydrogen-bond acceptors (Lipinski definition) is 3. The van der Waals surface area contributed by atoms with Crippen LogP contribution in [0.5, 0.6) is 0 Å². The van der Waals surface area contributed by atoms with Gasteiger partial charge < -0.3 is 10.6 Å². The lowest BCUT2D eigenvalue weighted by atomic mass is 10.0. The van der Waals surface area contributed by atoms with E-state index in [2.05, 4.69) is 10.6 Å². The van der Waals surface area contributed by atoms with E-state index in [1.807, 2.05) is 13.8 Å². The first-order chi connectivity index (χ1) is 9.85. The van der Waals surface area contributed by atoms with E-state index >= 15 is 0 Å². The van der Waals surface area contributed by atoms with Gasteiger partial charge in [0.1, 0.15) is 5.41 Å². The minimum absolute atomic E-state index is 0.0117. The summed E-state index contributed by atoms with van der Waals surface area (Å²) >= 11 is 0. The number of carbonyl (C=O) groups is 3. The minimum Gasteiger partial charge on any atom is -0.353 e. The molecule has 1 aliphatic rings. The highest BCUT2D eigenvalue weighted by Crippen LogP contribution is 2.46. The Bertz CT molecular complexity index is 572. The number of amides is 2. The molecule has 0 heterocycles. The Kier molecular flexibility index (Phi) is 4.11. The largest absolute Gasteiger partial charge is 0.353 e. The summed E-state index contributed by atoms with van der Waals surface area (Å²) < 4.78 is 0. The molecule has 1 aromatic carbocycles. The van der Waals surface area contributed by atoms with E-state index in [1.165, 1.54) is 6.92 Å². The molecule has 5 nitrogen and oxygen atoms in total. The second-order valence-corrected chi connectivity index (χ2v) is 5.80. The van der Waals surface area contributed by atoms with E-state index in [0.29, 0.717) is 24.1 Å². The standard InChI is InChI=1S/C16H20N2O3/c1-10(2)17-14(20)16(8-9-16)15(21)18-13-6-4-12(5-7-13)11(3)19/h4-7,10H,8-9H2,1-3H3,(H,17,20)(H,18,21). The Morgan fingerprint density at radius 3 is 2.05 bits per heavy atom. The van der Waals surface area contributed by atoms with Gasteiger partial charge in [0, 0.05) is 17.3 Å². The first-order valence-electron chi connectivity index (χ1n) is 7.08. The molecule has 0 spiro atoms. The van der Waals surface area contributed by atoms with Gasteiger partial charge in [-0.2, -0.15) is 0 Å². The van der Waals surface area contributed by atoms with Gasteiger partial charge in [-0.25, -0.2) is 0 Å². The first kappa shape index (κ1) is 15.2. The van der Waals surface area contributed by atoms with Crippen LogP contribution in [-0.4, -0.2) is 23.6 Å². The fourth-order valence-corrected chi connectivity index (χ4v) is 2.12. The van der Waals surface area contributed by atoms with Gasteiger partial charge in [-0.05, 0) is 57.9 Å². The topological polar surface area (TPSA) is 75.3 Å². The molecule has 1 aliphatic carbocycles. The van der Waals surface area contributed by atoms with Gasteiger partial charge in [0.2, 0.25) is 11.8 Å². The number of anilines is 1. The first-order valence-corrected chi connectivity index (χ1v) is 7.08. The number of ketones is 1. The van der Waals surface area contributed by atoms with Crippen molar-refractivity contribution in [1.82, 2.24) is 5.32 Å². The molecule has 1 fully saturated rings. The lowest BCUT2D eigenvalue weighted by Crippen LogP contribution is -2.42. The molecule has 5 heteroatoms. The Hall–Kier alpha value is -2.17. The van der Waals surface area contributed by atoms with Gasteiger partial charge >= 0.3 is 0 Å². The Labute approximate surface area is 124 Å². The summed E-state index contributed by atoms with van der Waals surface area (Å²) in [5, 5.41) is 5.55. The molecule has 2 amide bonds. The van der Waals surface area contributed by atoms with Gasteiger partial charge in [-0.15, -0.1) is 0 Å². The SMILES string of the molecule is CC(=O)c1ccc(NC(=O)C2(C(=O)NC(C)C)CC2)cc1. The van der Waals surface area contributed by atoms with Crippen LogP contribution in [0.15, 0.2) is 24.3 Å². The summed E-state index contributed by atoms with van der Waals surface area (Å²) in [6, 6.07) is 6.67. The van der Waals surface area contributed by atoms with E-state index in [9.17, 15) is 14.4 Å². The van der Waals surface area contributed by atoms with E-state index in [-0.39, 0.29) is 23.6 Å². The number of nitrogens with one attached hydrogen (secondary N) is 2. The summed E-state index contributed by atoms with van der Waals surface area (Å²) in [6.07, 6.45) is 1.14. The molecule has 21 heavy (non-hydrogen) atoms. The van der Waals surface area contributed by atoms with Crippen molar-refractivity contribution in [3.05, 3.63) is 29.8 Å². The Balaban J connectivity index is 2.04. The van der Waals surface area contributed by atoms with Crippen LogP contribution >= 0.6 is 0 Å². The van der Waals surface area contributed by atoms with E-state index < -0.39 is 5.41 Å². The van der Waals surface area contributed by atoms with Crippen LogP contribution in [0.3, 0.4) is 0 Å². The van der Waals surface area contributed by atoms with Gasteiger partial charge in [0.05, 0.1) is 0 Å². The Morgan fingerprint density at radius 2 is 1.62 bits per heavy atom. The van der Waals surface area contributed by atoms with Crippen molar-refractivity contribution in [2.45, 2.75) is 39.7 Å². The zero-order valence-corrected chi connectivity index (χ0v) is 12.5. The lowest BCUT2D eigenvalue weighted by molar-refractivity contribution is -0.134. The molecule has 112 valence electrons. The molecule has 2 N–H and O–H groups in total. The second kappa shape index (κ2) is 5.68. The summed E-state index contributed by atoms with van der Waals surface area (Å²) in [6.45, 7) is 5.22. The highest BCUT2D eigenvalue weighted by Gasteiger charge is 2.56. The molecule has 0 radical (unpaired) electrons. The van der Waals surface area contributed by atoms with Crippen LogP contribution < -0.4 is 10.6 Å². The van der Waals surface area contributed by atoms with E-state index in [1.54, 1.807) is 24.3 Å². The maximum atomic E-state index is 12.3. The number of Topliss-reactive ketones (excluding diaryl/α,β-unsaturated/α-hetero) is 1. The molecular formula is C16H20N2O3. The summed E-state index contributed by atoms with van der Waals surface area (Å²) in [4.78, 5) is 35.6. The average Bonchev–Trinajstić information content (AvgIpc) is 3.20. The normalized spacial score (nSPS) is 15.4. The predicted molar refractivity (Wildman–Crippen MR) is 80.0 cm³/mol. The van der Waals surface area contributed by atoms with Gasteiger partial charge in [-0.1, -0.05) is 0 Å². The van der Waals surface area contributed by atoms with Crippen LogP contribution in [0.4, 0.5) is 5.69 Å². The lowest BCUT2D eigenvalue weighted by Gasteiger charge is -2.17. The highest BCUT2D eigenvalue weighted by molar-refractivity contribution is 6.13. The predicted octanol–water partition coefficient (Wildman–Crippen LogP) is 2.13. The van der Waals surface area contributed by atoms with Crippen LogP contribution in [-0.2, 0) is 9.59 Å². The fraction of sp³-hybridized carbons (Fsp3) is 0.438. The monoisotopic (exact) mass is 288 g/mol. The molecular weight excluding hydrogens is 268 g/mol. The molecule has 1 aromatic rings. The summed E-state index contributed by atoms with van der Waals surface area (Å²) in [7, 11) is 0. The number of carbonyl (C=O) groups excluding carboxylic acids is 3. The van der Waals surface area contributed by atoms with Gasteiger partial charge in [0.15, 0.2) is 5.78 Å². The number of benzene rings is 1. The third kappa shape index (κ3) is 3.29. The third-order valence-corrected chi connectivity index (χ3v) is 3.59. The van der Waals surface area contributed by atoms with Crippen LogP contribution in [0.2, 0.25) is 0 Å². The van der Waals surface area contributed by atoms with Gasteiger partial charge in [-0.3, -0.25) is 14.4 Å². The van der Waals surface area contributed by atoms with E-state index in [0.717, 1.165) is 0 Å². The summed E-state index contributed by atoms with van der Waals surface area (Å²) in [5.41, 5.74) is 0.254. The van der Waals surface area contributed by atoms with Crippen molar-refractivity contribution in [2.24, 2.45) is 5.41 Å². The maximum absolute atomic E-state index is 12.3. The number of rotatable bonds is 5. The van der Waals surface area contributed by atoms with Crippen molar-refractivity contribution in [3.63, 3.8) is 0 Å². The highest BCUT2D eigenvalue weighted by atomic mass is 16.2. The molecule has 0 saturated heterocycles. The molecule has 0 unspecified atom stereocenters. The van der Waals surface area contributed by atoms with Crippen molar-refractivity contribution in [1.29, 1.82) is 0 Å². The molecule has 0 atom stereocenters. The zero-order valence-electron chi connectivity index (χ0n) is 12.5. The van der Waals surface area contributed by atoms with Crippen LogP contribution in [0, 0.1) is 5.41 Å². The van der Waals surface area contributed by atoms with E-state index in [4.69, 9.17) is 0 Å². The fourth-order valence-electron chi connectivity index (χ4n) is 2.12. The van der Waals surface area contributed by atoms with Crippen LogP contribution in [0.1, 0.15) is 44.0 Å². The van der Waals surface area contributed by atoms with Crippen LogP contribution in [0.25, 0.3) is 0 Å². The quantitative estimate of drug-likeness (QED) is 0.644. The van der Waals surface area contributed by atoms with Crippen molar-refractivity contribution < 1.29 is 14.4 Å². The molecule has 0 bridgehead atoms. The van der Waals surface area contributed by atoms with Crippen molar-refractivity contribution in [3.8, 4) is 0 Å². The smallest absolute Gasteiger partial charge is 0.240 e. The molecule has 2 rings (SSSR count). The van der Waals surface area contributed by atoms with Crippen molar-refractivity contribution >= 4 is 23.3 Å². The van der Waals surface area contributed by atoms with Gasteiger partial charge in [0.25, 0.3) is 0 Å². The summed E-state index contributed by atoms with van der Waals surface area (Å²) in [5.74, 6) is -0.519. The second-order valence-electron chi connectivity index (χ2n) is 5.80. The number of hydrogen-bond donors (Lipinski definition) is 2. The molecule has 0 aromatic heterocycles.